The van der Waals surface area contributed by atoms with Crippen LogP contribution in [0.25, 0.3) is 0 Å². The van der Waals surface area contributed by atoms with Crippen molar-refractivity contribution in [3.05, 3.63) is 12.2 Å². The highest BCUT2D eigenvalue weighted by molar-refractivity contribution is 5.77. The van der Waals surface area contributed by atoms with Crippen LogP contribution in [0.4, 0.5) is 0 Å². The Hall–Kier alpha value is -1.47. The second-order valence-corrected chi connectivity index (χ2v) is 22.3. The van der Waals surface area contributed by atoms with E-state index in [-0.39, 0.29) is 22.7 Å². The quantitative estimate of drug-likeness (QED) is 0.0414. The molecule has 392 valence electrons. The van der Waals surface area contributed by atoms with Crippen molar-refractivity contribution in [3.8, 4) is 0 Å². The number of rotatable bonds is 17. The number of aliphatic hydroxyl groups is 10. The lowest BCUT2D eigenvalue weighted by Gasteiger charge is -2.64. The van der Waals surface area contributed by atoms with Crippen LogP contribution in [-0.2, 0) is 42.7 Å². The zero-order valence-corrected chi connectivity index (χ0v) is 40.9. The Kier molecular flexibility index (Phi) is 16.9. The van der Waals surface area contributed by atoms with Gasteiger partial charge in [-0.25, -0.2) is 0 Å². The zero-order chi connectivity index (χ0) is 49.8. The number of esters is 1. The van der Waals surface area contributed by atoms with Crippen LogP contribution in [0.3, 0.4) is 0 Å². The van der Waals surface area contributed by atoms with Gasteiger partial charge in [0.1, 0.15) is 30.5 Å². The van der Waals surface area contributed by atoms with Gasteiger partial charge in [-0.3, -0.25) is 4.79 Å². The molecule has 3 aliphatic heterocycles. The van der Waals surface area contributed by atoms with Crippen molar-refractivity contribution in [2.75, 3.05) is 33.0 Å². The topological polar surface area (TPSA) is 293 Å². The molecular weight excluding hydrogens is 893 g/mol. The first-order chi connectivity index (χ1) is 32.1. The molecule has 7 aliphatic rings. The minimum Gasteiger partial charge on any atom is -0.435 e. The van der Waals surface area contributed by atoms with Crippen LogP contribution in [0.15, 0.2) is 12.2 Å². The first kappa shape index (κ1) is 54.3. The lowest BCUT2D eigenvalue weighted by Crippen LogP contribution is -2.64. The molecule has 68 heavy (non-hydrogen) atoms. The van der Waals surface area contributed by atoms with Crippen molar-refractivity contribution in [1.82, 2.24) is 0 Å². The van der Waals surface area contributed by atoms with Gasteiger partial charge in [-0.05, 0) is 93.5 Å². The second kappa shape index (κ2) is 21.2. The number of aliphatic hydroxyl groups excluding tert-OH is 10. The van der Waals surface area contributed by atoms with Crippen LogP contribution in [0.2, 0.25) is 0 Å². The van der Waals surface area contributed by atoms with Gasteiger partial charge >= 0.3 is 5.97 Å². The van der Waals surface area contributed by atoms with Crippen molar-refractivity contribution < 1.29 is 93.8 Å². The highest BCUT2D eigenvalue weighted by atomic mass is 16.8. The van der Waals surface area contributed by atoms with E-state index in [0.717, 1.165) is 37.7 Å². The largest absolute Gasteiger partial charge is 0.435 e. The molecule has 3 heterocycles. The second-order valence-electron chi connectivity index (χ2n) is 22.3. The van der Waals surface area contributed by atoms with Gasteiger partial charge in [0, 0.05) is 23.7 Å². The average Bonchev–Trinajstić information content (AvgIpc) is 3.51. The molecule has 1 unspecified atom stereocenters. The van der Waals surface area contributed by atoms with Crippen molar-refractivity contribution >= 4 is 5.97 Å². The number of carbonyl (C=O) groups is 1. The SMILES string of the molecule is C=C1CC23CC[C@H]4[C@@](C)(CCC[C@@]4(C)C(=O)O[C@@H]4O[C@H](CO)[C@@H](O)[C@H](O)[C@H]4C)[C@@H]2CC[C@]1(O[C@@H]1O[C@H](CO)[C@@H](C)[C@H](O[C@@H](CO)O[C@H](CO)[C@@H](C)[C@@H](C)O)[C@H]1O[C@@H]1O[C@H](CO)[C@@H](O)[C@H](O)[C@H]1C)C3. The molecule has 0 aromatic heterocycles. The maximum absolute atomic E-state index is 14.4. The molecule has 10 N–H and O–H groups in total. The number of ether oxygens (including phenoxy) is 8. The van der Waals surface area contributed by atoms with Crippen molar-refractivity contribution in [1.29, 1.82) is 0 Å². The number of hydrogen-bond donors (Lipinski definition) is 10. The molecule has 4 aliphatic carbocycles. The van der Waals surface area contributed by atoms with Gasteiger partial charge < -0.3 is 89.0 Å². The summed E-state index contributed by atoms with van der Waals surface area (Å²) >= 11 is 0. The summed E-state index contributed by atoms with van der Waals surface area (Å²) in [5.74, 6) is -3.03. The molecule has 2 bridgehead atoms. The number of fused-ring (bicyclic) bond motifs is 3. The zero-order valence-electron chi connectivity index (χ0n) is 40.9. The molecule has 4 saturated carbocycles. The third kappa shape index (κ3) is 9.62. The van der Waals surface area contributed by atoms with E-state index in [2.05, 4.69) is 13.5 Å². The maximum atomic E-state index is 14.4. The standard InChI is InChI=1S/C49H82O19/c1-23-16-48-14-10-33-46(7,12-9-13-47(33,8)45(60)67-43-27(5)37(57)39(59)32(20-53)64-43)34(48)11-15-49(23,22-48)68-44-41(66-42-26(4)36(56)38(58)31(19-52)63-42)40(25(3)30(18-51)62-44)65-35(21-54)61-29(17-50)24(2)28(6)55/h24-44,50-59H,1,9-22H2,2-8H3/t24-,25+,26+,27+,28+,29+,30+,31+,32+,33-,34-,35-,36+,37+,38+,39+,40-,41+,42-,43-,44-,46+,47+,48?,49-/m0/s1. The summed E-state index contributed by atoms with van der Waals surface area (Å²) in [6, 6.07) is 0. The normalized spacial score (nSPS) is 49.0. The third-order valence-corrected chi connectivity index (χ3v) is 18.3. The van der Waals surface area contributed by atoms with Crippen LogP contribution in [0.5, 0.6) is 0 Å². The predicted molar refractivity (Wildman–Crippen MR) is 238 cm³/mol. The molecule has 3 saturated heterocycles. The summed E-state index contributed by atoms with van der Waals surface area (Å²) in [6.07, 6.45) is -11.2. The van der Waals surface area contributed by atoms with E-state index in [0.29, 0.717) is 25.7 Å². The molecule has 1 spiro atoms. The molecule has 7 fully saturated rings. The van der Waals surface area contributed by atoms with E-state index in [1.165, 1.54) is 0 Å². The van der Waals surface area contributed by atoms with E-state index < -0.39 is 166 Å². The van der Waals surface area contributed by atoms with Gasteiger partial charge in [0.2, 0.25) is 6.29 Å². The van der Waals surface area contributed by atoms with Gasteiger partial charge in [0.15, 0.2) is 18.9 Å². The Morgan fingerprint density at radius 1 is 0.735 bits per heavy atom. The lowest BCUT2D eigenvalue weighted by atomic mass is 9.41. The van der Waals surface area contributed by atoms with Gasteiger partial charge in [-0.2, -0.15) is 0 Å². The monoisotopic (exact) mass is 975 g/mol. The van der Waals surface area contributed by atoms with E-state index in [9.17, 15) is 55.9 Å². The van der Waals surface area contributed by atoms with Gasteiger partial charge in [-0.1, -0.05) is 47.6 Å². The van der Waals surface area contributed by atoms with Crippen LogP contribution in [0.1, 0.15) is 106 Å². The first-order valence-electron chi connectivity index (χ1n) is 25.0. The minimum atomic E-state index is -1.40. The summed E-state index contributed by atoms with van der Waals surface area (Å²) in [5.41, 5.74) is -1.47. The molecule has 25 atom stereocenters. The van der Waals surface area contributed by atoms with E-state index in [1.807, 2.05) is 6.92 Å². The minimum absolute atomic E-state index is 0.0498. The molecule has 19 nitrogen and oxygen atoms in total. The molecule has 7 rings (SSSR count). The summed E-state index contributed by atoms with van der Waals surface area (Å²) in [4.78, 5) is 14.4. The van der Waals surface area contributed by atoms with Gasteiger partial charge in [0.25, 0.3) is 0 Å². The van der Waals surface area contributed by atoms with Crippen LogP contribution >= 0.6 is 0 Å². The number of carbonyl (C=O) groups excluding carboxylic acids is 1. The molecule has 0 amide bonds. The van der Waals surface area contributed by atoms with Crippen molar-refractivity contribution in [3.63, 3.8) is 0 Å². The first-order valence-corrected chi connectivity index (χ1v) is 25.0. The summed E-state index contributed by atoms with van der Waals surface area (Å²) < 4.78 is 51.2. The Balaban J connectivity index is 1.16. The van der Waals surface area contributed by atoms with Crippen LogP contribution in [0, 0.1) is 51.8 Å². The number of hydrogen-bond acceptors (Lipinski definition) is 19. The fourth-order valence-corrected chi connectivity index (χ4v) is 13.9. The highest BCUT2D eigenvalue weighted by Gasteiger charge is 2.69. The Morgan fingerprint density at radius 2 is 1.32 bits per heavy atom. The van der Waals surface area contributed by atoms with Gasteiger partial charge in [-0.15, -0.1) is 0 Å². The maximum Gasteiger partial charge on any atom is 0.314 e. The molecule has 0 aromatic carbocycles. The molecule has 0 radical (unpaired) electrons. The van der Waals surface area contributed by atoms with Crippen molar-refractivity contribution in [2.45, 2.75) is 204 Å². The van der Waals surface area contributed by atoms with Crippen molar-refractivity contribution in [2.24, 2.45) is 51.8 Å². The fraction of sp³-hybridized carbons (Fsp3) is 0.939. The third-order valence-electron chi connectivity index (χ3n) is 18.3. The van der Waals surface area contributed by atoms with E-state index >= 15 is 0 Å². The summed E-state index contributed by atoms with van der Waals surface area (Å²) in [5, 5.41) is 105. The Labute approximate surface area is 400 Å². The average molecular weight is 975 g/mol. The molecule has 19 heteroatoms. The smallest absolute Gasteiger partial charge is 0.314 e. The van der Waals surface area contributed by atoms with Crippen LogP contribution < -0.4 is 0 Å². The van der Waals surface area contributed by atoms with E-state index in [4.69, 9.17) is 37.9 Å². The fourth-order valence-electron chi connectivity index (χ4n) is 13.9. The Morgan fingerprint density at radius 3 is 1.91 bits per heavy atom. The van der Waals surface area contributed by atoms with E-state index in [1.54, 1.807) is 34.6 Å². The predicted octanol–water partition coefficient (Wildman–Crippen LogP) is 0.625. The molecular formula is C49H82O19. The summed E-state index contributed by atoms with van der Waals surface area (Å²) in [6.45, 7) is 14.5. The van der Waals surface area contributed by atoms with Crippen LogP contribution in [-0.4, -0.2) is 188 Å². The highest BCUT2D eigenvalue weighted by Crippen LogP contribution is 2.74. The van der Waals surface area contributed by atoms with Gasteiger partial charge in [0.05, 0.1) is 80.7 Å². The summed E-state index contributed by atoms with van der Waals surface area (Å²) in [7, 11) is 0. The Bertz CT molecular complexity index is 1720. The lowest BCUT2D eigenvalue weighted by molar-refractivity contribution is -0.382. The molecule has 0 aromatic rings.